The number of carbonyl (C=O) groups is 1. The van der Waals surface area contributed by atoms with Gasteiger partial charge in [0.15, 0.2) is 0 Å². The number of hydrogen-bond acceptors (Lipinski definition) is 5. The number of halogens is 2. The van der Waals surface area contributed by atoms with Gasteiger partial charge < -0.3 is 19.6 Å². The molecule has 2 saturated heterocycles. The monoisotopic (exact) mass is 511 g/mol. The Hall–Kier alpha value is -3.02. The van der Waals surface area contributed by atoms with E-state index in [4.69, 9.17) is 4.74 Å². The SMILES string of the molecule is CC(C)(F)CN1CCC(COc2ccc(-c3ccc(C(=O)N4CCCC(O)C4)c(F)c3)c(C#N)c2)CC1. The highest BCUT2D eigenvalue weighted by atomic mass is 19.1. The molecule has 2 aromatic carbocycles. The minimum atomic E-state index is -1.20. The number of nitrogens with zero attached hydrogens (tertiary/aromatic N) is 3. The second-order valence-corrected chi connectivity index (χ2v) is 10.8. The Kier molecular flexibility index (Phi) is 8.46. The van der Waals surface area contributed by atoms with Crippen LogP contribution in [0.15, 0.2) is 36.4 Å². The molecule has 0 saturated carbocycles. The number of carbonyl (C=O) groups excluding carboxylic acids is 1. The van der Waals surface area contributed by atoms with Crippen LogP contribution in [0.3, 0.4) is 0 Å². The highest BCUT2D eigenvalue weighted by Gasteiger charge is 2.27. The molecule has 2 aromatic rings. The summed E-state index contributed by atoms with van der Waals surface area (Å²) < 4.78 is 34.8. The second-order valence-electron chi connectivity index (χ2n) is 10.8. The molecule has 2 fully saturated rings. The summed E-state index contributed by atoms with van der Waals surface area (Å²) in [6, 6.07) is 11.7. The van der Waals surface area contributed by atoms with Crippen LogP contribution in [-0.4, -0.2) is 71.9 Å². The van der Waals surface area contributed by atoms with E-state index in [1.54, 1.807) is 38.1 Å². The van der Waals surface area contributed by atoms with Crippen LogP contribution in [0.25, 0.3) is 11.1 Å². The molecule has 2 aliphatic rings. The van der Waals surface area contributed by atoms with Gasteiger partial charge in [-0.15, -0.1) is 0 Å². The fraction of sp³-hybridized carbons (Fsp3) is 0.517. The van der Waals surface area contributed by atoms with E-state index in [1.165, 1.54) is 17.0 Å². The van der Waals surface area contributed by atoms with Crippen molar-refractivity contribution in [3.8, 4) is 22.9 Å². The molecule has 37 heavy (non-hydrogen) atoms. The molecule has 8 heteroatoms. The van der Waals surface area contributed by atoms with Gasteiger partial charge >= 0.3 is 0 Å². The van der Waals surface area contributed by atoms with Gasteiger partial charge in [0.2, 0.25) is 0 Å². The van der Waals surface area contributed by atoms with E-state index in [0.717, 1.165) is 25.9 Å². The first-order valence-corrected chi connectivity index (χ1v) is 13.0. The highest BCUT2D eigenvalue weighted by molar-refractivity contribution is 5.95. The molecule has 1 N–H and O–H groups in total. The lowest BCUT2D eigenvalue weighted by molar-refractivity contribution is 0.0470. The Labute approximate surface area is 217 Å². The van der Waals surface area contributed by atoms with Gasteiger partial charge in [-0.1, -0.05) is 6.07 Å². The van der Waals surface area contributed by atoms with Crippen LogP contribution in [0.5, 0.6) is 5.75 Å². The molecular weight excluding hydrogens is 476 g/mol. The third-order valence-electron chi connectivity index (χ3n) is 7.10. The molecular formula is C29H35F2N3O3. The lowest BCUT2D eigenvalue weighted by Gasteiger charge is -2.34. The van der Waals surface area contributed by atoms with Gasteiger partial charge in [-0.2, -0.15) is 5.26 Å². The summed E-state index contributed by atoms with van der Waals surface area (Å²) >= 11 is 0. The zero-order chi connectivity index (χ0) is 26.6. The Balaban J connectivity index is 1.39. The summed E-state index contributed by atoms with van der Waals surface area (Å²) in [6.07, 6.45) is 2.60. The third-order valence-corrected chi connectivity index (χ3v) is 7.10. The zero-order valence-corrected chi connectivity index (χ0v) is 21.6. The standard InChI is InChI=1S/C29H35F2N3O3/c1-29(2,31)19-33-12-9-20(10-13-33)18-37-24-6-8-25(22(14-24)16-32)21-5-7-26(27(30)15-21)28(36)34-11-3-4-23(35)17-34/h5-8,14-15,20,23,35H,3-4,9-13,17-19H2,1-2H3. The third kappa shape index (κ3) is 7.06. The van der Waals surface area contributed by atoms with E-state index in [9.17, 15) is 23.9 Å². The van der Waals surface area contributed by atoms with Gasteiger partial charge in [0, 0.05) is 19.6 Å². The lowest BCUT2D eigenvalue weighted by Crippen LogP contribution is -2.42. The molecule has 0 aliphatic carbocycles. The first kappa shape index (κ1) is 27.0. The molecule has 4 rings (SSSR count). The minimum absolute atomic E-state index is 0.0440. The predicted octanol–water partition coefficient (Wildman–Crippen LogP) is 4.80. The molecule has 1 unspecified atom stereocenters. The van der Waals surface area contributed by atoms with Crippen molar-refractivity contribution < 1.29 is 23.4 Å². The maximum Gasteiger partial charge on any atom is 0.256 e. The smallest absolute Gasteiger partial charge is 0.256 e. The quantitative estimate of drug-likeness (QED) is 0.578. The molecule has 0 aromatic heterocycles. The average molecular weight is 512 g/mol. The number of hydrogen-bond donors (Lipinski definition) is 1. The van der Waals surface area contributed by atoms with Crippen molar-refractivity contribution in [1.29, 1.82) is 5.26 Å². The highest BCUT2D eigenvalue weighted by Crippen LogP contribution is 2.30. The van der Waals surface area contributed by atoms with Crippen molar-refractivity contribution >= 4 is 5.91 Å². The number of piperidine rings is 2. The van der Waals surface area contributed by atoms with Gasteiger partial charge in [-0.25, -0.2) is 8.78 Å². The summed E-state index contributed by atoms with van der Waals surface area (Å²) in [5.41, 5.74) is 0.170. The number of aliphatic hydroxyl groups excluding tert-OH is 1. The molecule has 2 heterocycles. The van der Waals surface area contributed by atoms with Crippen molar-refractivity contribution in [2.75, 3.05) is 39.3 Å². The van der Waals surface area contributed by atoms with E-state index in [1.807, 2.05) is 0 Å². The maximum atomic E-state index is 15.0. The molecule has 0 spiro atoms. The largest absolute Gasteiger partial charge is 0.493 e. The Morgan fingerprint density at radius 3 is 2.57 bits per heavy atom. The molecule has 0 bridgehead atoms. The summed E-state index contributed by atoms with van der Waals surface area (Å²) in [5, 5.41) is 19.6. The summed E-state index contributed by atoms with van der Waals surface area (Å²) in [4.78, 5) is 16.4. The van der Waals surface area contributed by atoms with Crippen molar-refractivity contribution in [2.45, 2.75) is 51.3 Å². The van der Waals surface area contributed by atoms with E-state index in [2.05, 4.69) is 11.0 Å². The number of benzene rings is 2. The van der Waals surface area contributed by atoms with E-state index >= 15 is 0 Å². The number of β-amino-alcohol motifs (C(OH)–C–C–N with tert-alkyl or cyclic N) is 1. The Morgan fingerprint density at radius 1 is 1.16 bits per heavy atom. The summed E-state index contributed by atoms with van der Waals surface area (Å²) in [7, 11) is 0. The van der Waals surface area contributed by atoms with Crippen LogP contribution < -0.4 is 4.74 Å². The van der Waals surface area contributed by atoms with Gasteiger partial charge in [0.1, 0.15) is 17.2 Å². The number of nitriles is 1. The topological polar surface area (TPSA) is 76.8 Å². The van der Waals surface area contributed by atoms with Gasteiger partial charge in [-0.3, -0.25) is 4.79 Å². The van der Waals surface area contributed by atoms with Crippen LogP contribution in [0, 0.1) is 23.1 Å². The Morgan fingerprint density at radius 2 is 1.92 bits per heavy atom. The number of likely N-dealkylation sites (tertiary alicyclic amines) is 2. The molecule has 0 radical (unpaired) electrons. The van der Waals surface area contributed by atoms with E-state index < -0.39 is 23.5 Å². The Bertz CT molecular complexity index is 1150. The minimum Gasteiger partial charge on any atom is -0.493 e. The first-order valence-electron chi connectivity index (χ1n) is 13.0. The maximum absolute atomic E-state index is 15.0. The molecule has 6 nitrogen and oxygen atoms in total. The predicted molar refractivity (Wildman–Crippen MR) is 138 cm³/mol. The lowest BCUT2D eigenvalue weighted by atomic mass is 9.96. The summed E-state index contributed by atoms with van der Waals surface area (Å²) in [5.74, 6) is -0.159. The van der Waals surface area contributed by atoms with Gasteiger partial charge in [-0.05, 0) is 100.0 Å². The molecule has 198 valence electrons. The number of aliphatic hydroxyl groups is 1. The number of ether oxygens (including phenoxy) is 1. The van der Waals surface area contributed by atoms with Gasteiger partial charge in [0.05, 0.1) is 29.9 Å². The van der Waals surface area contributed by atoms with Crippen molar-refractivity contribution in [3.05, 3.63) is 53.3 Å². The zero-order valence-electron chi connectivity index (χ0n) is 21.6. The molecule has 1 amide bonds. The van der Waals surface area contributed by atoms with Gasteiger partial charge in [0.25, 0.3) is 5.91 Å². The van der Waals surface area contributed by atoms with Crippen LogP contribution >= 0.6 is 0 Å². The van der Waals surface area contributed by atoms with E-state index in [0.29, 0.717) is 60.9 Å². The van der Waals surface area contributed by atoms with Crippen molar-refractivity contribution in [3.63, 3.8) is 0 Å². The number of amides is 1. The van der Waals surface area contributed by atoms with E-state index in [-0.39, 0.29) is 12.1 Å². The van der Waals surface area contributed by atoms with Crippen LogP contribution in [0.2, 0.25) is 0 Å². The van der Waals surface area contributed by atoms with Crippen LogP contribution in [0.4, 0.5) is 8.78 Å². The van der Waals surface area contributed by atoms with Crippen molar-refractivity contribution in [2.24, 2.45) is 5.92 Å². The normalized spacial score (nSPS) is 19.5. The fourth-order valence-corrected chi connectivity index (χ4v) is 5.18. The van der Waals surface area contributed by atoms with Crippen molar-refractivity contribution in [1.82, 2.24) is 9.80 Å². The number of rotatable bonds is 7. The van der Waals surface area contributed by atoms with Crippen LogP contribution in [-0.2, 0) is 0 Å². The fourth-order valence-electron chi connectivity index (χ4n) is 5.18. The first-order chi connectivity index (χ1) is 17.6. The van der Waals surface area contributed by atoms with Crippen LogP contribution in [0.1, 0.15) is 55.5 Å². The molecule has 2 aliphatic heterocycles. The summed E-state index contributed by atoms with van der Waals surface area (Å²) in [6.45, 7) is 6.53. The molecule has 1 atom stereocenters. The second kappa shape index (κ2) is 11.6. The average Bonchev–Trinajstić information content (AvgIpc) is 2.87. The number of alkyl halides is 1.